The van der Waals surface area contributed by atoms with Gasteiger partial charge in [-0.1, -0.05) is 18.2 Å². The van der Waals surface area contributed by atoms with Crippen molar-refractivity contribution in [2.75, 3.05) is 13.7 Å². The molecule has 2 aromatic heterocycles. The number of methoxy groups -OCH3 is 1. The number of hydrogen-bond donors (Lipinski definition) is 1. The van der Waals surface area contributed by atoms with Crippen molar-refractivity contribution in [2.45, 2.75) is 19.5 Å². The molecular weight excluding hydrogens is 328 g/mol. The van der Waals surface area contributed by atoms with Crippen LogP contribution in [-0.4, -0.2) is 33.5 Å². The molecule has 0 bridgehead atoms. The maximum atomic E-state index is 12.5. The van der Waals surface area contributed by atoms with E-state index >= 15 is 0 Å². The summed E-state index contributed by atoms with van der Waals surface area (Å²) in [6, 6.07) is 11.8. The third-order valence-electron chi connectivity index (χ3n) is 4.67. The highest BCUT2D eigenvalue weighted by atomic mass is 16.5. The van der Waals surface area contributed by atoms with Crippen LogP contribution >= 0.6 is 0 Å². The number of nitrogens with zero attached hydrogens (tertiary/aromatic N) is 3. The number of H-pyrrole nitrogens is 1. The molecule has 0 saturated heterocycles. The first kappa shape index (κ1) is 16.5. The van der Waals surface area contributed by atoms with Crippen LogP contribution in [0.15, 0.2) is 53.6 Å². The molecule has 0 radical (unpaired) electrons. The Hall–Kier alpha value is -2.99. The summed E-state index contributed by atoms with van der Waals surface area (Å²) in [5.74, 6) is 1.45. The Labute approximate surface area is 151 Å². The topological polar surface area (TPSA) is 71.1 Å². The molecular formula is C20H20N4O2. The summed E-state index contributed by atoms with van der Waals surface area (Å²) < 4.78 is 5.45. The van der Waals surface area contributed by atoms with Crippen LogP contribution in [0, 0.1) is 0 Å². The molecule has 0 fully saturated rings. The second kappa shape index (κ2) is 7.09. The third kappa shape index (κ3) is 3.23. The molecule has 0 atom stereocenters. The minimum absolute atomic E-state index is 0.0502. The zero-order valence-corrected chi connectivity index (χ0v) is 14.6. The summed E-state index contributed by atoms with van der Waals surface area (Å²) in [5.41, 5.74) is 3.53. The number of benzene rings is 1. The van der Waals surface area contributed by atoms with Gasteiger partial charge in [0.1, 0.15) is 11.6 Å². The maximum absolute atomic E-state index is 12.5. The highest BCUT2D eigenvalue weighted by Crippen LogP contribution is 2.23. The van der Waals surface area contributed by atoms with Crippen LogP contribution in [0.1, 0.15) is 16.8 Å². The molecule has 0 spiro atoms. The van der Waals surface area contributed by atoms with E-state index in [1.807, 2.05) is 30.3 Å². The Morgan fingerprint density at radius 3 is 2.92 bits per heavy atom. The van der Waals surface area contributed by atoms with Crippen molar-refractivity contribution >= 4 is 0 Å². The quantitative estimate of drug-likeness (QED) is 0.784. The number of rotatable bonds is 4. The molecule has 6 nitrogen and oxygen atoms in total. The zero-order valence-electron chi connectivity index (χ0n) is 14.6. The van der Waals surface area contributed by atoms with Crippen molar-refractivity contribution in [1.29, 1.82) is 0 Å². The van der Waals surface area contributed by atoms with Crippen molar-refractivity contribution in [2.24, 2.45) is 0 Å². The number of aromatic amines is 1. The first-order valence-electron chi connectivity index (χ1n) is 8.61. The molecule has 0 aliphatic carbocycles. The van der Waals surface area contributed by atoms with Gasteiger partial charge in [0.15, 0.2) is 0 Å². The van der Waals surface area contributed by atoms with E-state index in [0.717, 1.165) is 41.2 Å². The number of ether oxygens (including phenoxy) is 1. The van der Waals surface area contributed by atoms with Crippen LogP contribution in [0.4, 0.5) is 0 Å². The SMILES string of the molecule is COc1ccccc1CN1CCc2c(nc(-c3cccnc3)[nH]c2=O)C1. The van der Waals surface area contributed by atoms with Crippen molar-refractivity contribution in [1.82, 2.24) is 19.9 Å². The van der Waals surface area contributed by atoms with Gasteiger partial charge in [0.2, 0.25) is 0 Å². The van der Waals surface area contributed by atoms with Gasteiger partial charge in [-0.25, -0.2) is 4.98 Å². The normalized spacial score (nSPS) is 14.0. The zero-order chi connectivity index (χ0) is 17.9. The van der Waals surface area contributed by atoms with E-state index in [1.165, 1.54) is 0 Å². The fourth-order valence-electron chi connectivity index (χ4n) is 3.34. The molecule has 1 aliphatic rings. The Balaban J connectivity index is 1.62. The van der Waals surface area contributed by atoms with Crippen molar-refractivity contribution in [3.05, 3.63) is 76.0 Å². The van der Waals surface area contributed by atoms with E-state index in [9.17, 15) is 4.79 Å². The number of para-hydroxylation sites is 1. The Morgan fingerprint density at radius 2 is 2.12 bits per heavy atom. The summed E-state index contributed by atoms with van der Waals surface area (Å²) in [6.07, 6.45) is 4.11. The highest BCUT2D eigenvalue weighted by Gasteiger charge is 2.22. The van der Waals surface area contributed by atoms with Gasteiger partial charge in [0.25, 0.3) is 5.56 Å². The Morgan fingerprint density at radius 1 is 1.23 bits per heavy atom. The van der Waals surface area contributed by atoms with Gasteiger partial charge in [-0.3, -0.25) is 14.7 Å². The minimum Gasteiger partial charge on any atom is -0.496 e. The first-order chi connectivity index (χ1) is 12.7. The smallest absolute Gasteiger partial charge is 0.254 e. The lowest BCUT2D eigenvalue weighted by Gasteiger charge is -2.28. The minimum atomic E-state index is -0.0502. The summed E-state index contributed by atoms with van der Waals surface area (Å²) in [6.45, 7) is 2.23. The fourth-order valence-corrected chi connectivity index (χ4v) is 3.34. The lowest BCUT2D eigenvalue weighted by molar-refractivity contribution is 0.237. The first-order valence-corrected chi connectivity index (χ1v) is 8.61. The van der Waals surface area contributed by atoms with Gasteiger partial charge in [0.05, 0.1) is 12.8 Å². The number of pyridine rings is 1. The van der Waals surface area contributed by atoms with E-state index in [4.69, 9.17) is 9.72 Å². The van der Waals surface area contributed by atoms with E-state index < -0.39 is 0 Å². The van der Waals surface area contributed by atoms with Crippen LogP contribution in [0.2, 0.25) is 0 Å². The number of hydrogen-bond acceptors (Lipinski definition) is 5. The molecule has 3 heterocycles. The lowest BCUT2D eigenvalue weighted by atomic mass is 10.0. The molecule has 0 amide bonds. The summed E-state index contributed by atoms with van der Waals surface area (Å²) in [7, 11) is 1.69. The van der Waals surface area contributed by atoms with Crippen molar-refractivity contribution in [3.8, 4) is 17.1 Å². The summed E-state index contributed by atoms with van der Waals surface area (Å²) in [4.78, 5) is 26.5. The van der Waals surface area contributed by atoms with Crippen LogP contribution in [0.3, 0.4) is 0 Å². The molecule has 0 unspecified atom stereocenters. The van der Waals surface area contributed by atoms with Gasteiger partial charge >= 0.3 is 0 Å². The lowest BCUT2D eigenvalue weighted by Crippen LogP contribution is -2.35. The predicted molar refractivity (Wildman–Crippen MR) is 98.9 cm³/mol. The van der Waals surface area contributed by atoms with E-state index in [0.29, 0.717) is 18.8 Å². The molecule has 26 heavy (non-hydrogen) atoms. The van der Waals surface area contributed by atoms with Crippen LogP contribution in [0.5, 0.6) is 5.75 Å². The number of fused-ring (bicyclic) bond motifs is 1. The molecule has 3 aromatic rings. The maximum Gasteiger partial charge on any atom is 0.254 e. The van der Waals surface area contributed by atoms with E-state index in [2.05, 4.69) is 20.9 Å². The van der Waals surface area contributed by atoms with Crippen molar-refractivity contribution in [3.63, 3.8) is 0 Å². The van der Waals surface area contributed by atoms with E-state index in [1.54, 1.807) is 19.5 Å². The molecule has 132 valence electrons. The Kier molecular flexibility index (Phi) is 4.50. The average molecular weight is 348 g/mol. The average Bonchev–Trinajstić information content (AvgIpc) is 2.69. The molecule has 6 heteroatoms. The van der Waals surface area contributed by atoms with Crippen molar-refractivity contribution < 1.29 is 4.74 Å². The van der Waals surface area contributed by atoms with Gasteiger partial charge in [-0.15, -0.1) is 0 Å². The van der Waals surface area contributed by atoms with E-state index in [-0.39, 0.29) is 5.56 Å². The largest absolute Gasteiger partial charge is 0.496 e. The van der Waals surface area contributed by atoms with Crippen LogP contribution < -0.4 is 10.3 Å². The molecule has 1 aliphatic heterocycles. The van der Waals surface area contributed by atoms with Gasteiger partial charge in [-0.05, 0) is 24.6 Å². The summed E-state index contributed by atoms with van der Waals surface area (Å²) >= 11 is 0. The highest BCUT2D eigenvalue weighted by molar-refractivity contribution is 5.53. The van der Waals surface area contributed by atoms with Gasteiger partial charge < -0.3 is 9.72 Å². The number of aromatic nitrogens is 3. The second-order valence-corrected chi connectivity index (χ2v) is 6.35. The van der Waals surface area contributed by atoms with Crippen LogP contribution in [-0.2, 0) is 19.5 Å². The monoisotopic (exact) mass is 348 g/mol. The van der Waals surface area contributed by atoms with Gasteiger partial charge in [0, 0.05) is 48.7 Å². The summed E-state index contributed by atoms with van der Waals surface area (Å²) in [5, 5.41) is 0. The molecule has 1 aromatic carbocycles. The standard InChI is InChI=1S/C20H20N4O2/c1-26-18-7-3-2-5-15(18)12-24-10-8-16-17(13-24)22-19(23-20(16)25)14-6-4-9-21-11-14/h2-7,9,11H,8,10,12-13H2,1H3,(H,22,23,25). The third-order valence-corrected chi connectivity index (χ3v) is 4.67. The second-order valence-electron chi connectivity index (χ2n) is 6.35. The Bertz CT molecular complexity index is 969. The molecule has 0 saturated carbocycles. The van der Waals surface area contributed by atoms with Gasteiger partial charge in [-0.2, -0.15) is 0 Å². The molecule has 4 rings (SSSR count). The predicted octanol–water partition coefficient (Wildman–Crippen LogP) is 2.40. The van der Waals surface area contributed by atoms with Crippen LogP contribution in [0.25, 0.3) is 11.4 Å². The molecule has 1 N–H and O–H groups in total. The number of nitrogens with one attached hydrogen (secondary N) is 1. The fraction of sp³-hybridized carbons (Fsp3) is 0.250.